The first-order valence-corrected chi connectivity index (χ1v) is 12.5. The third-order valence-electron chi connectivity index (χ3n) is 6.28. The van der Waals surface area contributed by atoms with Crippen molar-refractivity contribution in [3.05, 3.63) is 30.3 Å². The SMILES string of the molecule is CC(=O)N[C@H]1[C@@H]2OC[C@@H](O2)[C@@H](O)[C@H]1O[C@H](C)C(=O)N[C@@H](C)C(=O)N[C@H](CCC(=O)Nc1ccccc1)C(=O)O. The van der Waals surface area contributed by atoms with Crippen molar-refractivity contribution in [2.75, 3.05) is 11.9 Å². The molecule has 6 N–H and O–H groups in total. The summed E-state index contributed by atoms with van der Waals surface area (Å²) in [5, 5.41) is 30.1. The van der Waals surface area contributed by atoms with Gasteiger partial charge >= 0.3 is 5.97 Å². The van der Waals surface area contributed by atoms with Crippen molar-refractivity contribution in [2.24, 2.45) is 0 Å². The molecule has 39 heavy (non-hydrogen) atoms. The van der Waals surface area contributed by atoms with E-state index in [0.29, 0.717) is 5.69 Å². The summed E-state index contributed by atoms with van der Waals surface area (Å²) in [5.41, 5.74) is 0.558. The van der Waals surface area contributed by atoms with Gasteiger partial charge in [-0.3, -0.25) is 19.2 Å². The zero-order valence-corrected chi connectivity index (χ0v) is 21.8. The molecule has 0 radical (unpaired) electrons. The van der Waals surface area contributed by atoms with Gasteiger partial charge in [-0.1, -0.05) is 18.2 Å². The second-order valence-electron chi connectivity index (χ2n) is 9.42. The van der Waals surface area contributed by atoms with Gasteiger partial charge in [0.2, 0.25) is 23.6 Å². The van der Waals surface area contributed by atoms with E-state index in [4.69, 9.17) is 14.2 Å². The van der Waals surface area contributed by atoms with Crippen molar-refractivity contribution in [3.63, 3.8) is 0 Å². The van der Waals surface area contributed by atoms with Crippen molar-refractivity contribution in [3.8, 4) is 0 Å². The van der Waals surface area contributed by atoms with Crippen LogP contribution in [-0.4, -0.2) is 95.2 Å². The van der Waals surface area contributed by atoms with Crippen LogP contribution >= 0.6 is 0 Å². The molecule has 14 heteroatoms. The number of rotatable bonds is 12. The summed E-state index contributed by atoms with van der Waals surface area (Å²) in [4.78, 5) is 60.8. The predicted octanol–water partition coefficient (Wildman–Crippen LogP) is -1.13. The third-order valence-corrected chi connectivity index (χ3v) is 6.28. The zero-order valence-electron chi connectivity index (χ0n) is 21.8. The molecule has 3 rings (SSSR count). The molecule has 2 bridgehead atoms. The third kappa shape index (κ3) is 8.20. The van der Waals surface area contributed by atoms with Crippen LogP contribution < -0.4 is 21.3 Å². The lowest BCUT2D eigenvalue weighted by Crippen LogP contribution is -2.62. The smallest absolute Gasteiger partial charge is 0.326 e. The van der Waals surface area contributed by atoms with Crippen molar-refractivity contribution in [1.29, 1.82) is 0 Å². The standard InChI is InChI=1S/C25H34N4O10/c1-12(22(33)29-16(24(35)36)9-10-18(31)28-15-7-5-4-6-8-15)26-23(34)13(2)38-21-19(27-14(3)30)25-37-11-17(39-25)20(21)32/h4-8,12-13,16-17,19-21,25,32H,9-11H2,1-3H3,(H,26,34)(H,27,30)(H,28,31)(H,29,33)(H,35,36)/t12-,13+,16+,17+,19+,20+,21-,25+/m0/s1. The maximum Gasteiger partial charge on any atom is 0.326 e. The number of carbonyl (C=O) groups excluding carboxylic acids is 4. The summed E-state index contributed by atoms with van der Waals surface area (Å²) >= 11 is 0. The van der Waals surface area contributed by atoms with Gasteiger partial charge in [0.05, 0.1) is 6.61 Å². The molecule has 14 nitrogen and oxygen atoms in total. The van der Waals surface area contributed by atoms with Crippen LogP contribution in [0.25, 0.3) is 0 Å². The lowest BCUT2D eigenvalue weighted by Gasteiger charge is -2.39. The molecule has 0 unspecified atom stereocenters. The molecule has 2 heterocycles. The van der Waals surface area contributed by atoms with Crippen LogP contribution in [0.2, 0.25) is 0 Å². The predicted molar refractivity (Wildman–Crippen MR) is 134 cm³/mol. The molecule has 2 fully saturated rings. The lowest BCUT2D eigenvalue weighted by atomic mass is 9.98. The summed E-state index contributed by atoms with van der Waals surface area (Å²) in [5.74, 6) is -3.65. The van der Waals surface area contributed by atoms with Crippen LogP contribution in [0.1, 0.15) is 33.6 Å². The number of anilines is 1. The second kappa shape index (κ2) is 13.5. The van der Waals surface area contributed by atoms with Crippen molar-refractivity contribution in [2.45, 2.75) is 82.4 Å². The Morgan fingerprint density at radius 1 is 1.08 bits per heavy atom. The minimum atomic E-state index is -1.36. The Labute approximate surface area is 224 Å². The molecule has 2 aliphatic rings. The number of para-hydroxylation sites is 1. The highest BCUT2D eigenvalue weighted by Gasteiger charge is 2.52. The number of aliphatic carboxylic acids is 1. The quantitative estimate of drug-likeness (QED) is 0.185. The van der Waals surface area contributed by atoms with E-state index >= 15 is 0 Å². The fourth-order valence-corrected chi connectivity index (χ4v) is 4.21. The monoisotopic (exact) mass is 550 g/mol. The highest BCUT2D eigenvalue weighted by atomic mass is 16.7. The van der Waals surface area contributed by atoms with Gasteiger partial charge in [-0.15, -0.1) is 0 Å². The molecule has 8 atom stereocenters. The van der Waals surface area contributed by atoms with Gasteiger partial charge in [-0.05, 0) is 32.4 Å². The maximum atomic E-state index is 12.7. The second-order valence-corrected chi connectivity index (χ2v) is 9.42. The fraction of sp³-hybridized carbons (Fsp3) is 0.560. The van der Waals surface area contributed by atoms with Gasteiger partial charge in [0.1, 0.15) is 42.5 Å². The van der Waals surface area contributed by atoms with Crippen LogP contribution in [0.15, 0.2) is 30.3 Å². The zero-order chi connectivity index (χ0) is 28.7. The van der Waals surface area contributed by atoms with Crippen LogP contribution in [0.3, 0.4) is 0 Å². The van der Waals surface area contributed by atoms with E-state index in [2.05, 4.69) is 21.3 Å². The highest BCUT2D eigenvalue weighted by Crippen LogP contribution is 2.30. The number of hydrogen-bond acceptors (Lipinski definition) is 9. The number of carbonyl (C=O) groups is 5. The Morgan fingerprint density at radius 2 is 1.77 bits per heavy atom. The molecule has 4 amide bonds. The van der Waals surface area contributed by atoms with Crippen molar-refractivity contribution < 1.29 is 48.4 Å². The number of hydrogen-bond donors (Lipinski definition) is 6. The minimum absolute atomic E-state index is 0.0955. The first-order chi connectivity index (χ1) is 18.5. The Bertz CT molecular complexity index is 1050. The van der Waals surface area contributed by atoms with Crippen LogP contribution in [0.5, 0.6) is 0 Å². The van der Waals surface area contributed by atoms with E-state index in [9.17, 15) is 34.2 Å². The molecule has 2 aliphatic heterocycles. The highest BCUT2D eigenvalue weighted by molar-refractivity contribution is 5.93. The van der Waals surface area contributed by atoms with E-state index in [1.54, 1.807) is 30.3 Å². The molecular weight excluding hydrogens is 516 g/mol. The van der Waals surface area contributed by atoms with E-state index in [1.165, 1.54) is 20.8 Å². The van der Waals surface area contributed by atoms with Crippen molar-refractivity contribution >= 4 is 35.3 Å². The van der Waals surface area contributed by atoms with Gasteiger partial charge < -0.3 is 45.7 Å². The number of aliphatic hydroxyl groups excluding tert-OH is 1. The summed E-state index contributed by atoms with van der Waals surface area (Å²) in [6, 6.07) is 5.25. The van der Waals surface area contributed by atoms with E-state index < -0.39 is 78.4 Å². The minimum Gasteiger partial charge on any atom is -0.480 e. The Balaban J connectivity index is 1.50. The molecule has 1 aromatic carbocycles. The largest absolute Gasteiger partial charge is 0.480 e. The maximum absolute atomic E-state index is 12.7. The number of nitrogens with one attached hydrogen (secondary N) is 4. The summed E-state index contributed by atoms with van der Waals surface area (Å²) < 4.78 is 16.7. The number of carboxylic acid groups (broad SMARTS) is 1. The normalized spacial score (nSPS) is 26.0. The topological polar surface area (TPSA) is 202 Å². The van der Waals surface area contributed by atoms with Gasteiger partial charge in [0.15, 0.2) is 6.29 Å². The molecule has 1 aromatic rings. The molecule has 0 aliphatic carbocycles. The number of fused-ring (bicyclic) bond motifs is 2. The van der Waals surface area contributed by atoms with Crippen LogP contribution in [0, 0.1) is 0 Å². The number of aliphatic hydroxyl groups is 1. The van der Waals surface area contributed by atoms with Crippen LogP contribution in [0.4, 0.5) is 5.69 Å². The van der Waals surface area contributed by atoms with E-state index in [1.807, 2.05) is 0 Å². The van der Waals surface area contributed by atoms with Gasteiger partial charge in [-0.2, -0.15) is 0 Å². The van der Waals surface area contributed by atoms with Gasteiger partial charge in [0.25, 0.3) is 0 Å². The Morgan fingerprint density at radius 3 is 2.41 bits per heavy atom. The molecular formula is C25H34N4O10. The number of carboxylic acids is 1. The molecule has 0 saturated carbocycles. The van der Waals surface area contributed by atoms with Crippen LogP contribution in [-0.2, 0) is 38.2 Å². The number of benzene rings is 1. The molecule has 0 aromatic heterocycles. The summed E-state index contributed by atoms with van der Waals surface area (Å²) in [7, 11) is 0. The first-order valence-electron chi connectivity index (χ1n) is 12.5. The lowest BCUT2D eigenvalue weighted by molar-refractivity contribution is -0.209. The average Bonchev–Trinajstić information content (AvgIpc) is 3.33. The number of amides is 4. The van der Waals surface area contributed by atoms with E-state index in [0.717, 1.165) is 0 Å². The summed E-state index contributed by atoms with van der Waals surface area (Å²) in [6.45, 7) is 4.14. The molecule has 0 spiro atoms. The van der Waals surface area contributed by atoms with Crippen molar-refractivity contribution in [1.82, 2.24) is 16.0 Å². The van der Waals surface area contributed by atoms with Gasteiger partial charge in [-0.25, -0.2) is 4.79 Å². The Kier molecular flexibility index (Phi) is 10.3. The molecule has 2 saturated heterocycles. The average molecular weight is 551 g/mol. The molecule has 214 valence electrons. The first kappa shape index (κ1) is 30.0. The van der Waals surface area contributed by atoms with E-state index in [-0.39, 0.29) is 19.4 Å². The Hall–Kier alpha value is -3.59. The summed E-state index contributed by atoms with van der Waals surface area (Å²) in [6.07, 6.45) is -5.24. The fourth-order valence-electron chi connectivity index (χ4n) is 4.21. The van der Waals surface area contributed by atoms with Gasteiger partial charge in [0, 0.05) is 19.0 Å². The number of ether oxygens (including phenoxy) is 3.